The number of methoxy groups -OCH3 is 1. The summed E-state index contributed by atoms with van der Waals surface area (Å²) in [6.45, 7) is 5.00. The molecule has 2 amide bonds. The van der Waals surface area contributed by atoms with Crippen LogP contribution in [-0.2, 0) is 31.4 Å². The minimum Gasteiger partial charge on any atom is -0.496 e. The topological polar surface area (TPSA) is 139 Å². The van der Waals surface area contributed by atoms with E-state index in [1.807, 2.05) is 48.5 Å². The normalized spacial score (nSPS) is 12.3. The van der Waals surface area contributed by atoms with E-state index in [2.05, 4.69) is 10.6 Å². The third kappa shape index (κ3) is 10.1. The van der Waals surface area contributed by atoms with Crippen molar-refractivity contribution in [1.29, 1.82) is 0 Å². The number of carboxylic acids is 1. The number of aliphatic carboxylic acids is 1. The number of thioether (sulfide) groups is 1. The summed E-state index contributed by atoms with van der Waals surface area (Å²) in [4.78, 5) is 64.0. The van der Waals surface area contributed by atoms with Gasteiger partial charge < -0.3 is 20.5 Å². The van der Waals surface area contributed by atoms with Gasteiger partial charge in [-0.15, -0.1) is 23.1 Å². The van der Waals surface area contributed by atoms with Gasteiger partial charge in [0, 0.05) is 16.2 Å². The predicted octanol–water partition coefficient (Wildman–Crippen LogP) is 4.77. The number of carboxylic acid groups (broad SMARTS) is 1. The van der Waals surface area contributed by atoms with Crippen LogP contribution in [0.15, 0.2) is 60.7 Å². The molecule has 9 nitrogen and oxygen atoms in total. The number of ketones is 2. The summed E-state index contributed by atoms with van der Waals surface area (Å²) in [6.07, 6.45) is -0.653. The predicted molar refractivity (Wildman–Crippen MR) is 169 cm³/mol. The maximum Gasteiger partial charge on any atom is 0.305 e. The highest BCUT2D eigenvalue weighted by atomic mass is 32.2. The lowest BCUT2D eigenvalue weighted by Gasteiger charge is -2.25. The number of hydrogen-bond acceptors (Lipinski definition) is 8. The average Bonchev–Trinajstić information content (AvgIpc) is 3.46. The van der Waals surface area contributed by atoms with Crippen molar-refractivity contribution in [2.24, 2.45) is 5.92 Å². The van der Waals surface area contributed by atoms with Gasteiger partial charge in [-0.2, -0.15) is 0 Å². The number of ether oxygens (including phenoxy) is 1. The Hall–Kier alpha value is -3.96. The monoisotopic (exact) mass is 624 g/mol. The van der Waals surface area contributed by atoms with E-state index in [0.29, 0.717) is 21.9 Å². The molecule has 0 spiro atoms. The van der Waals surface area contributed by atoms with Crippen molar-refractivity contribution in [2.75, 3.05) is 12.9 Å². The summed E-state index contributed by atoms with van der Waals surface area (Å²) in [5, 5.41) is 14.7. The lowest BCUT2D eigenvalue weighted by molar-refractivity contribution is -0.140. The van der Waals surface area contributed by atoms with Gasteiger partial charge in [0.1, 0.15) is 11.8 Å². The summed E-state index contributed by atoms with van der Waals surface area (Å²) >= 11 is 2.69. The third-order valence-corrected chi connectivity index (χ3v) is 8.84. The number of hydrogen-bond donors (Lipinski definition) is 3. The molecule has 3 aromatic rings. The Morgan fingerprint density at radius 3 is 2.30 bits per heavy atom. The third-order valence-electron chi connectivity index (χ3n) is 6.57. The standard InChI is InChI=1S/C32H36N2O7S2/c1-19(2)31(32(40)33-24(16-30(38)39)25(36)18-42-17-21-8-6-5-7-9-21)34-29(37)15-23-14-22(10-11-26(23)41-4)28-13-12-27(43-28)20(3)35/h5-14,19,24,31H,15-18H2,1-4H3,(H,33,40)(H,34,37)(H,38,39)/t24-,31-/m0/s1. The molecule has 228 valence electrons. The first-order valence-corrected chi connectivity index (χ1v) is 15.7. The Kier molecular flexibility index (Phi) is 12.5. The molecule has 2 aromatic carbocycles. The molecular formula is C32H36N2O7S2. The zero-order valence-electron chi connectivity index (χ0n) is 24.5. The van der Waals surface area contributed by atoms with Crippen molar-refractivity contribution in [2.45, 2.75) is 51.4 Å². The minimum absolute atomic E-state index is 0.0272. The molecule has 1 heterocycles. The fraction of sp³-hybridized carbons (Fsp3) is 0.344. The number of Topliss-reactive ketones (excluding diaryl/α,β-unsaturated/α-hetero) is 2. The van der Waals surface area contributed by atoms with Crippen LogP contribution in [0.25, 0.3) is 10.4 Å². The molecule has 11 heteroatoms. The van der Waals surface area contributed by atoms with Crippen molar-refractivity contribution in [3.63, 3.8) is 0 Å². The fourth-order valence-electron chi connectivity index (χ4n) is 4.31. The molecule has 3 rings (SSSR count). The van der Waals surface area contributed by atoms with Crippen LogP contribution in [0.3, 0.4) is 0 Å². The van der Waals surface area contributed by atoms with E-state index in [1.54, 1.807) is 26.0 Å². The average molecular weight is 625 g/mol. The first-order valence-electron chi connectivity index (χ1n) is 13.7. The van der Waals surface area contributed by atoms with Crippen LogP contribution in [-0.4, -0.2) is 59.4 Å². The second-order valence-electron chi connectivity index (χ2n) is 10.3. The van der Waals surface area contributed by atoms with Gasteiger partial charge in [0.25, 0.3) is 0 Å². The number of carbonyl (C=O) groups excluding carboxylic acids is 4. The minimum atomic E-state index is -1.23. The molecular weight excluding hydrogens is 588 g/mol. The summed E-state index contributed by atoms with van der Waals surface area (Å²) in [6, 6.07) is 16.3. The molecule has 0 fully saturated rings. The second kappa shape index (κ2) is 16.0. The first-order chi connectivity index (χ1) is 20.5. The van der Waals surface area contributed by atoms with E-state index in [0.717, 1.165) is 16.0 Å². The lowest BCUT2D eigenvalue weighted by Crippen LogP contribution is -2.54. The summed E-state index contributed by atoms with van der Waals surface area (Å²) in [7, 11) is 1.50. The van der Waals surface area contributed by atoms with E-state index in [1.165, 1.54) is 37.1 Å². The smallest absolute Gasteiger partial charge is 0.305 e. The van der Waals surface area contributed by atoms with Gasteiger partial charge in [0.15, 0.2) is 11.6 Å². The number of nitrogens with one attached hydrogen (secondary N) is 2. The Bertz CT molecular complexity index is 1450. The molecule has 3 N–H and O–H groups in total. The number of amides is 2. The number of thiophene rings is 1. The molecule has 1 aromatic heterocycles. The van der Waals surface area contributed by atoms with Gasteiger partial charge in [-0.25, -0.2) is 0 Å². The Morgan fingerprint density at radius 1 is 0.977 bits per heavy atom. The quantitative estimate of drug-likeness (QED) is 0.194. The van der Waals surface area contributed by atoms with Crippen molar-refractivity contribution in [3.05, 3.63) is 76.7 Å². The SMILES string of the molecule is COc1ccc(-c2ccc(C(C)=O)s2)cc1CC(=O)N[C@H](C(=O)N[C@@H](CC(=O)O)C(=O)CSCc1ccccc1)C(C)C. The van der Waals surface area contributed by atoms with E-state index in [9.17, 15) is 29.1 Å². The zero-order chi connectivity index (χ0) is 31.5. The summed E-state index contributed by atoms with van der Waals surface area (Å²) in [5.41, 5.74) is 2.44. The van der Waals surface area contributed by atoms with Crippen LogP contribution in [0.4, 0.5) is 0 Å². The molecule has 0 aliphatic heterocycles. The van der Waals surface area contributed by atoms with E-state index in [4.69, 9.17) is 4.74 Å². The van der Waals surface area contributed by atoms with Gasteiger partial charge in [-0.1, -0.05) is 44.2 Å². The maximum absolute atomic E-state index is 13.3. The van der Waals surface area contributed by atoms with E-state index < -0.39 is 42.1 Å². The molecule has 0 saturated carbocycles. The molecule has 0 radical (unpaired) electrons. The highest BCUT2D eigenvalue weighted by molar-refractivity contribution is 7.99. The van der Waals surface area contributed by atoms with Gasteiger partial charge in [-0.3, -0.25) is 24.0 Å². The first kappa shape index (κ1) is 33.5. The van der Waals surface area contributed by atoms with E-state index in [-0.39, 0.29) is 23.9 Å². The molecule has 0 unspecified atom stereocenters. The van der Waals surface area contributed by atoms with Crippen LogP contribution in [0.2, 0.25) is 0 Å². The van der Waals surface area contributed by atoms with Crippen LogP contribution in [0, 0.1) is 5.92 Å². The maximum atomic E-state index is 13.3. The molecule has 0 saturated heterocycles. The van der Waals surface area contributed by atoms with Gasteiger partial charge in [0.2, 0.25) is 11.8 Å². The Labute approximate surface area is 259 Å². The molecule has 0 aliphatic carbocycles. The molecule has 0 aliphatic rings. The Morgan fingerprint density at radius 2 is 1.70 bits per heavy atom. The molecule has 43 heavy (non-hydrogen) atoms. The lowest BCUT2D eigenvalue weighted by atomic mass is 10.0. The van der Waals surface area contributed by atoms with Crippen LogP contribution in [0.1, 0.15) is 48.0 Å². The van der Waals surface area contributed by atoms with Crippen molar-refractivity contribution >= 4 is 52.4 Å². The summed E-state index contributed by atoms with van der Waals surface area (Å²) < 4.78 is 5.45. The zero-order valence-corrected chi connectivity index (χ0v) is 26.2. The largest absolute Gasteiger partial charge is 0.496 e. The van der Waals surface area contributed by atoms with Gasteiger partial charge in [0.05, 0.1) is 36.6 Å². The van der Waals surface area contributed by atoms with Crippen LogP contribution in [0.5, 0.6) is 5.75 Å². The van der Waals surface area contributed by atoms with E-state index >= 15 is 0 Å². The van der Waals surface area contributed by atoms with Crippen LogP contribution >= 0.6 is 23.1 Å². The number of rotatable bonds is 16. The highest BCUT2D eigenvalue weighted by Crippen LogP contribution is 2.32. The molecule has 0 bridgehead atoms. The van der Waals surface area contributed by atoms with Crippen molar-refractivity contribution < 1.29 is 33.8 Å². The second-order valence-corrected chi connectivity index (χ2v) is 12.4. The fourth-order valence-corrected chi connectivity index (χ4v) is 6.14. The van der Waals surface area contributed by atoms with Crippen molar-refractivity contribution in [1.82, 2.24) is 10.6 Å². The highest BCUT2D eigenvalue weighted by Gasteiger charge is 2.30. The van der Waals surface area contributed by atoms with Crippen molar-refractivity contribution in [3.8, 4) is 16.2 Å². The summed E-state index contributed by atoms with van der Waals surface area (Å²) in [5.74, 6) is -1.99. The number of carbonyl (C=O) groups is 5. The number of benzene rings is 2. The van der Waals surface area contributed by atoms with Gasteiger partial charge >= 0.3 is 5.97 Å². The molecule has 2 atom stereocenters. The van der Waals surface area contributed by atoms with Gasteiger partial charge in [-0.05, 0) is 54.3 Å². The Balaban J connectivity index is 1.68. The van der Waals surface area contributed by atoms with Crippen LogP contribution < -0.4 is 15.4 Å².